The second-order valence-corrected chi connectivity index (χ2v) is 4.36. The molecule has 5 heteroatoms. The van der Waals surface area contributed by atoms with Crippen LogP contribution in [0.15, 0.2) is 30.5 Å². The Kier molecular flexibility index (Phi) is 3.64. The highest BCUT2D eigenvalue weighted by Gasteiger charge is 2.13. The van der Waals surface area contributed by atoms with E-state index in [9.17, 15) is 9.90 Å². The normalized spacial score (nSPS) is 14.4. The number of carbonyl (C=O) groups is 1. The number of rotatable bonds is 4. The van der Waals surface area contributed by atoms with Crippen LogP contribution in [0.4, 0.5) is 0 Å². The Labute approximate surface area is 105 Å². The van der Waals surface area contributed by atoms with E-state index in [1.54, 1.807) is 19.2 Å². The third kappa shape index (κ3) is 2.52. The molecule has 1 aromatic heterocycles. The second-order valence-electron chi connectivity index (χ2n) is 4.36. The number of H-pyrrole nitrogens is 1. The molecule has 0 aliphatic carbocycles. The summed E-state index contributed by atoms with van der Waals surface area (Å²) in [4.78, 5) is 15.1. The van der Waals surface area contributed by atoms with Crippen LogP contribution < -0.4 is 11.1 Å². The van der Waals surface area contributed by atoms with Gasteiger partial charge in [0.05, 0.1) is 6.10 Å². The van der Waals surface area contributed by atoms with Crippen LogP contribution in [0, 0.1) is 0 Å². The number of nitrogens with two attached hydrogens (primary N) is 1. The van der Waals surface area contributed by atoms with Gasteiger partial charge in [-0.25, -0.2) is 0 Å². The van der Waals surface area contributed by atoms with Gasteiger partial charge in [0, 0.05) is 35.2 Å². The molecule has 2 atom stereocenters. The summed E-state index contributed by atoms with van der Waals surface area (Å²) >= 11 is 0. The minimum Gasteiger partial charge on any atom is -0.392 e. The van der Waals surface area contributed by atoms with Gasteiger partial charge in [0.2, 0.25) is 0 Å². The van der Waals surface area contributed by atoms with E-state index >= 15 is 0 Å². The molecule has 1 aromatic carbocycles. The summed E-state index contributed by atoms with van der Waals surface area (Å²) in [6.45, 7) is 1.85. The van der Waals surface area contributed by atoms with Crippen molar-refractivity contribution >= 4 is 16.8 Å². The maximum atomic E-state index is 12.0. The van der Waals surface area contributed by atoms with Gasteiger partial charge < -0.3 is 21.1 Å². The second kappa shape index (κ2) is 5.20. The first-order chi connectivity index (χ1) is 8.59. The lowest BCUT2D eigenvalue weighted by Crippen LogP contribution is -2.43. The summed E-state index contributed by atoms with van der Waals surface area (Å²) in [5, 5.41) is 12.9. The molecule has 0 bridgehead atoms. The zero-order valence-corrected chi connectivity index (χ0v) is 10.2. The first-order valence-corrected chi connectivity index (χ1v) is 5.87. The van der Waals surface area contributed by atoms with Crippen LogP contribution >= 0.6 is 0 Å². The number of benzene rings is 1. The number of aliphatic hydroxyl groups is 1. The number of aromatic amines is 1. The molecule has 96 valence electrons. The molecular formula is C13H17N3O2. The van der Waals surface area contributed by atoms with E-state index in [2.05, 4.69) is 10.3 Å². The zero-order valence-electron chi connectivity index (χ0n) is 10.2. The average molecular weight is 247 g/mol. The Balaban J connectivity index is 2.12. The first-order valence-electron chi connectivity index (χ1n) is 5.87. The highest BCUT2D eigenvalue weighted by atomic mass is 16.3. The topological polar surface area (TPSA) is 91.1 Å². The largest absolute Gasteiger partial charge is 0.392 e. The Morgan fingerprint density at radius 3 is 3.00 bits per heavy atom. The lowest BCUT2D eigenvalue weighted by Gasteiger charge is -2.15. The minimum atomic E-state index is -0.645. The lowest BCUT2D eigenvalue weighted by atomic mass is 10.1. The van der Waals surface area contributed by atoms with E-state index in [-0.39, 0.29) is 12.5 Å². The maximum Gasteiger partial charge on any atom is 0.252 e. The van der Waals surface area contributed by atoms with Crippen molar-refractivity contribution in [2.45, 2.75) is 19.1 Å². The number of fused-ring (bicyclic) bond motifs is 1. The number of nitrogens with one attached hydrogen (secondary N) is 2. The Morgan fingerprint density at radius 2 is 2.28 bits per heavy atom. The predicted molar refractivity (Wildman–Crippen MR) is 70.3 cm³/mol. The first kappa shape index (κ1) is 12.6. The smallest absolute Gasteiger partial charge is 0.252 e. The molecule has 2 rings (SSSR count). The third-order valence-electron chi connectivity index (χ3n) is 2.96. The quantitative estimate of drug-likeness (QED) is 0.638. The summed E-state index contributed by atoms with van der Waals surface area (Å²) in [7, 11) is 0. The van der Waals surface area contributed by atoms with Gasteiger partial charge in [-0.1, -0.05) is 6.07 Å². The van der Waals surface area contributed by atoms with Gasteiger partial charge in [0.25, 0.3) is 5.91 Å². The Hall–Kier alpha value is -1.85. The van der Waals surface area contributed by atoms with Gasteiger partial charge in [-0.2, -0.15) is 0 Å². The summed E-state index contributed by atoms with van der Waals surface area (Å²) in [6, 6.07) is 6.90. The number of carbonyl (C=O) groups excluding carboxylic acids is 1. The van der Waals surface area contributed by atoms with Crippen LogP contribution in [0.3, 0.4) is 0 Å². The zero-order chi connectivity index (χ0) is 13.1. The van der Waals surface area contributed by atoms with Gasteiger partial charge in [-0.3, -0.25) is 4.79 Å². The van der Waals surface area contributed by atoms with E-state index in [1.807, 2.05) is 18.2 Å². The molecule has 5 N–H and O–H groups in total. The minimum absolute atomic E-state index is 0.184. The molecule has 18 heavy (non-hydrogen) atoms. The number of hydrogen-bond acceptors (Lipinski definition) is 3. The molecule has 1 amide bonds. The van der Waals surface area contributed by atoms with Crippen molar-refractivity contribution < 1.29 is 9.90 Å². The van der Waals surface area contributed by atoms with Crippen molar-refractivity contribution in [3.8, 4) is 0 Å². The van der Waals surface area contributed by atoms with Crippen molar-refractivity contribution in [2.75, 3.05) is 6.54 Å². The van der Waals surface area contributed by atoms with Crippen molar-refractivity contribution in [3.63, 3.8) is 0 Å². The van der Waals surface area contributed by atoms with Crippen LogP contribution in [0.1, 0.15) is 17.3 Å². The molecule has 0 fully saturated rings. The van der Waals surface area contributed by atoms with Gasteiger partial charge in [-0.15, -0.1) is 0 Å². The van der Waals surface area contributed by atoms with Gasteiger partial charge in [0.1, 0.15) is 0 Å². The van der Waals surface area contributed by atoms with Crippen LogP contribution in [-0.4, -0.2) is 34.7 Å². The third-order valence-corrected chi connectivity index (χ3v) is 2.96. The molecule has 1 heterocycles. The van der Waals surface area contributed by atoms with Crippen molar-refractivity contribution in [2.24, 2.45) is 5.73 Å². The van der Waals surface area contributed by atoms with E-state index in [0.29, 0.717) is 5.56 Å². The Morgan fingerprint density at radius 1 is 1.50 bits per heavy atom. The molecule has 2 unspecified atom stereocenters. The molecule has 0 radical (unpaired) electrons. The fourth-order valence-corrected chi connectivity index (χ4v) is 1.76. The fraction of sp³-hybridized carbons (Fsp3) is 0.308. The molecule has 0 aliphatic heterocycles. The van der Waals surface area contributed by atoms with Gasteiger partial charge in [0.15, 0.2) is 0 Å². The van der Waals surface area contributed by atoms with Crippen LogP contribution in [0.5, 0.6) is 0 Å². The van der Waals surface area contributed by atoms with Crippen molar-refractivity contribution in [1.82, 2.24) is 10.3 Å². The standard InChI is InChI=1S/C13H17N3O2/c1-8(17)11(14)7-16-13(18)10-3-2-4-12-9(10)5-6-15-12/h2-6,8,11,15,17H,7,14H2,1H3,(H,16,18). The SMILES string of the molecule is CC(O)C(N)CNC(=O)c1cccc2[nH]ccc12. The predicted octanol–water partition coefficient (Wildman–Crippen LogP) is 0.606. The summed E-state index contributed by atoms with van der Waals surface area (Å²) in [5.74, 6) is -0.184. The maximum absolute atomic E-state index is 12.0. The van der Waals surface area contributed by atoms with E-state index in [4.69, 9.17) is 5.73 Å². The Bertz CT molecular complexity index is 548. The molecular weight excluding hydrogens is 230 g/mol. The van der Waals surface area contributed by atoms with Crippen LogP contribution in [0.2, 0.25) is 0 Å². The molecule has 2 aromatic rings. The highest BCUT2D eigenvalue weighted by Crippen LogP contribution is 2.16. The lowest BCUT2D eigenvalue weighted by molar-refractivity contribution is 0.0939. The molecule has 0 aliphatic rings. The number of hydrogen-bond donors (Lipinski definition) is 4. The molecule has 0 spiro atoms. The van der Waals surface area contributed by atoms with Crippen molar-refractivity contribution in [1.29, 1.82) is 0 Å². The monoisotopic (exact) mass is 247 g/mol. The number of aromatic nitrogens is 1. The molecule has 5 nitrogen and oxygen atoms in total. The van der Waals surface area contributed by atoms with E-state index in [0.717, 1.165) is 10.9 Å². The fourth-order valence-electron chi connectivity index (χ4n) is 1.76. The summed E-state index contributed by atoms with van der Waals surface area (Å²) < 4.78 is 0. The van der Waals surface area contributed by atoms with E-state index < -0.39 is 12.1 Å². The number of amides is 1. The van der Waals surface area contributed by atoms with Crippen LogP contribution in [-0.2, 0) is 0 Å². The van der Waals surface area contributed by atoms with Gasteiger partial charge >= 0.3 is 0 Å². The van der Waals surface area contributed by atoms with Crippen LogP contribution in [0.25, 0.3) is 10.9 Å². The molecule has 0 saturated carbocycles. The van der Waals surface area contributed by atoms with Gasteiger partial charge in [-0.05, 0) is 25.1 Å². The number of aliphatic hydroxyl groups excluding tert-OH is 1. The summed E-state index contributed by atoms with van der Waals surface area (Å²) in [6.07, 6.45) is 1.15. The average Bonchev–Trinajstić information content (AvgIpc) is 2.83. The summed E-state index contributed by atoms with van der Waals surface area (Å²) in [5.41, 5.74) is 7.19. The van der Waals surface area contributed by atoms with Crippen molar-refractivity contribution in [3.05, 3.63) is 36.0 Å². The highest BCUT2D eigenvalue weighted by molar-refractivity contribution is 6.06. The van der Waals surface area contributed by atoms with E-state index in [1.165, 1.54) is 0 Å². The molecule has 0 saturated heterocycles.